The Balaban J connectivity index is 1.40. The third-order valence-corrected chi connectivity index (χ3v) is 11.1. The van der Waals surface area contributed by atoms with Gasteiger partial charge < -0.3 is 38.7 Å². The van der Waals surface area contributed by atoms with Crippen LogP contribution in [0.3, 0.4) is 0 Å². The monoisotopic (exact) mass is 784 g/mol. The summed E-state index contributed by atoms with van der Waals surface area (Å²) in [5.41, 5.74) is 4.53. The molecular formula is C36H45N6O12P. The number of nitrogens with one attached hydrogen (secondary N) is 1. The Bertz CT molecular complexity index is 1910. The van der Waals surface area contributed by atoms with Crippen molar-refractivity contribution in [3.05, 3.63) is 54.5 Å². The van der Waals surface area contributed by atoms with Gasteiger partial charge in [0.1, 0.15) is 42.4 Å². The number of hydrogen-bond donors (Lipinski definition) is 2. The van der Waals surface area contributed by atoms with Gasteiger partial charge in [-0.2, -0.15) is 15.4 Å². The van der Waals surface area contributed by atoms with Crippen molar-refractivity contribution < 1.29 is 56.4 Å². The number of aromatic nitrogens is 3. The highest BCUT2D eigenvalue weighted by Crippen LogP contribution is 2.50. The van der Waals surface area contributed by atoms with E-state index in [0.29, 0.717) is 57.6 Å². The van der Waals surface area contributed by atoms with Crippen LogP contribution in [0.1, 0.15) is 58.3 Å². The van der Waals surface area contributed by atoms with Crippen LogP contribution in [0.5, 0.6) is 5.75 Å². The van der Waals surface area contributed by atoms with Crippen LogP contribution in [0.25, 0.3) is 5.52 Å². The number of hydrogen-bond acceptors (Lipinski definition) is 16. The van der Waals surface area contributed by atoms with Crippen molar-refractivity contribution in [2.24, 2.45) is 11.8 Å². The summed E-state index contributed by atoms with van der Waals surface area (Å²) < 4.78 is 62.9. The maximum absolute atomic E-state index is 14.6. The first-order valence-electron chi connectivity index (χ1n) is 18.1. The molecule has 0 unspecified atom stereocenters. The lowest BCUT2D eigenvalue weighted by Crippen LogP contribution is -2.51. The lowest BCUT2D eigenvalue weighted by atomic mass is 9.94. The minimum atomic E-state index is -4.59. The zero-order valence-corrected chi connectivity index (χ0v) is 31.6. The summed E-state index contributed by atoms with van der Waals surface area (Å²) in [5.74, 6) is -2.93. The van der Waals surface area contributed by atoms with E-state index in [9.17, 15) is 24.2 Å². The summed E-state index contributed by atoms with van der Waals surface area (Å²) in [4.78, 5) is 44.6. The normalized spacial score (nSPS) is 25.1. The Labute approximate surface area is 317 Å². The van der Waals surface area contributed by atoms with Crippen LogP contribution < -0.4 is 15.3 Å². The molecule has 0 radical (unpaired) electrons. The van der Waals surface area contributed by atoms with Crippen molar-refractivity contribution in [3.63, 3.8) is 0 Å². The molecule has 3 aliphatic rings. The highest BCUT2D eigenvalue weighted by atomic mass is 31.2. The number of carbonyl (C=O) groups is 3. The molecule has 1 aromatic carbocycles. The highest BCUT2D eigenvalue weighted by molar-refractivity contribution is 7.52. The minimum absolute atomic E-state index is 0.113. The first-order valence-corrected chi connectivity index (χ1v) is 19.7. The Morgan fingerprint density at radius 3 is 2.25 bits per heavy atom. The number of nitrogens with two attached hydrogens (primary N) is 1. The third kappa shape index (κ3) is 9.26. The largest absolute Gasteiger partial charge is 0.462 e. The summed E-state index contributed by atoms with van der Waals surface area (Å²) >= 11 is 0. The number of nitrogen functional groups attached to an aromatic ring is 1. The van der Waals surface area contributed by atoms with Gasteiger partial charge in [-0.15, -0.1) is 0 Å². The number of carbonyl (C=O) groups excluding carboxylic acids is 3. The molecule has 296 valence electrons. The standard InChI is InChI=1S/C36H45N6O12P/c1-22(2)50-33(43)23(3)41-55(46,54-26-7-5-4-6-8-26)49-20-36(19-37)31(52-35(45)25-13-17-48-18-14-25)30(51-34(44)24-11-15-47-16-12-24)29(53-36)27-9-10-28-32(38)39-21-40-42(27)28/h4-10,21-25,29-31H,11-18,20H2,1-3H3,(H,41,46)(H2,38,39,40)/t23-,29-,30-,31-,36+,55-/m0/s1. The predicted octanol–water partition coefficient (Wildman–Crippen LogP) is 3.46. The smallest absolute Gasteiger partial charge is 0.459 e. The van der Waals surface area contributed by atoms with Crippen LogP contribution in [-0.4, -0.2) is 95.5 Å². The highest BCUT2D eigenvalue weighted by Gasteiger charge is 2.62. The van der Waals surface area contributed by atoms with Gasteiger partial charge in [-0.05, 0) is 70.7 Å². The summed E-state index contributed by atoms with van der Waals surface area (Å²) in [6.07, 6.45) is -2.16. The SMILES string of the molecule is CC(C)OC(=O)[C@H](C)N[P@](=O)(OC[C@@]1(C#N)O[C@@H](c2ccc3c(N)ncnn23)[C@H](OC(=O)C2CCOCC2)[C@@H]1OC(=O)C1CCOCC1)Oc1ccccc1. The van der Waals surface area contributed by atoms with E-state index in [0.717, 1.165) is 0 Å². The molecule has 3 aromatic rings. The number of nitrogens with zero attached hydrogens (tertiary/aromatic N) is 4. The van der Waals surface area contributed by atoms with E-state index < -0.39 is 80.2 Å². The molecule has 3 N–H and O–H groups in total. The summed E-state index contributed by atoms with van der Waals surface area (Å²) in [7, 11) is -4.59. The van der Waals surface area contributed by atoms with E-state index in [1.165, 1.54) is 29.9 Å². The molecule has 3 saturated heterocycles. The van der Waals surface area contributed by atoms with E-state index in [1.807, 2.05) is 0 Å². The zero-order valence-electron chi connectivity index (χ0n) is 30.7. The van der Waals surface area contributed by atoms with Gasteiger partial charge in [0.25, 0.3) is 0 Å². The molecule has 55 heavy (non-hydrogen) atoms. The van der Waals surface area contributed by atoms with Crippen molar-refractivity contribution in [3.8, 4) is 11.8 Å². The van der Waals surface area contributed by atoms with Gasteiger partial charge in [0.2, 0.25) is 5.60 Å². The first-order chi connectivity index (χ1) is 26.4. The molecule has 2 aromatic heterocycles. The molecule has 0 saturated carbocycles. The molecule has 6 atom stereocenters. The van der Waals surface area contributed by atoms with Gasteiger partial charge in [0.15, 0.2) is 18.0 Å². The van der Waals surface area contributed by atoms with Crippen LogP contribution >= 0.6 is 7.75 Å². The maximum Gasteiger partial charge on any atom is 0.459 e. The quantitative estimate of drug-likeness (QED) is 0.135. The fourth-order valence-electron chi connectivity index (χ4n) is 6.56. The summed E-state index contributed by atoms with van der Waals surface area (Å²) in [6, 6.07) is 12.1. The number of anilines is 1. The lowest BCUT2D eigenvalue weighted by Gasteiger charge is -2.32. The molecule has 6 rings (SSSR count). The topological polar surface area (TPSA) is 234 Å². The molecule has 3 fully saturated rings. The second-order valence-electron chi connectivity index (χ2n) is 13.8. The summed E-state index contributed by atoms with van der Waals surface area (Å²) in [6.45, 7) is 5.19. The van der Waals surface area contributed by atoms with E-state index in [2.05, 4.69) is 21.2 Å². The zero-order chi connectivity index (χ0) is 39.2. The van der Waals surface area contributed by atoms with Crippen LogP contribution in [0.2, 0.25) is 0 Å². The second-order valence-corrected chi connectivity index (χ2v) is 15.5. The summed E-state index contributed by atoms with van der Waals surface area (Å²) in [5, 5.41) is 18.0. The van der Waals surface area contributed by atoms with Gasteiger partial charge >= 0.3 is 25.7 Å². The maximum atomic E-state index is 14.6. The van der Waals surface area contributed by atoms with E-state index in [1.54, 1.807) is 44.2 Å². The Morgan fingerprint density at radius 2 is 1.64 bits per heavy atom. The molecular weight excluding hydrogens is 739 g/mol. The average molecular weight is 785 g/mol. The third-order valence-electron chi connectivity index (χ3n) is 9.47. The average Bonchev–Trinajstić information content (AvgIpc) is 3.74. The fourth-order valence-corrected chi connectivity index (χ4v) is 8.08. The molecule has 0 spiro atoms. The van der Waals surface area contributed by atoms with Crippen molar-refractivity contribution in [2.45, 2.75) is 82.5 Å². The molecule has 0 aliphatic carbocycles. The molecule has 5 heterocycles. The van der Waals surface area contributed by atoms with Gasteiger partial charge in [-0.3, -0.25) is 18.9 Å². The van der Waals surface area contributed by atoms with E-state index in [4.69, 9.17) is 43.2 Å². The van der Waals surface area contributed by atoms with Crippen LogP contribution in [0, 0.1) is 23.2 Å². The molecule has 0 amide bonds. The number of ether oxygens (including phenoxy) is 6. The van der Waals surface area contributed by atoms with Gasteiger partial charge in [0.05, 0.1) is 23.6 Å². The van der Waals surface area contributed by atoms with Crippen molar-refractivity contribution in [1.29, 1.82) is 5.26 Å². The number of fused-ring (bicyclic) bond motifs is 1. The van der Waals surface area contributed by atoms with Crippen molar-refractivity contribution in [2.75, 3.05) is 38.8 Å². The number of para-hydroxylation sites is 1. The van der Waals surface area contributed by atoms with Gasteiger partial charge in [-0.1, -0.05) is 18.2 Å². The number of rotatable bonds is 14. The predicted molar refractivity (Wildman–Crippen MR) is 191 cm³/mol. The molecule has 18 nitrogen and oxygen atoms in total. The number of benzene rings is 1. The van der Waals surface area contributed by atoms with Crippen LogP contribution in [0.15, 0.2) is 48.8 Å². The fraction of sp³-hybridized carbons (Fsp3) is 0.556. The van der Waals surface area contributed by atoms with Crippen LogP contribution in [0.4, 0.5) is 5.82 Å². The lowest BCUT2D eigenvalue weighted by molar-refractivity contribution is -0.177. The number of nitriles is 1. The molecule has 19 heteroatoms. The Hall–Kier alpha value is -4.63. The van der Waals surface area contributed by atoms with Gasteiger partial charge in [0, 0.05) is 26.4 Å². The van der Waals surface area contributed by atoms with Crippen molar-refractivity contribution in [1.82, 2.24) is 19.7 Å². The number of esters is 3. The Morgan fingerprint density at radius 1 is 1.00 bits per heavy atom. The van der Waals surface area contributed by atoms with Gasteiger partial charge in [-0.25, -0.2) is 14.1 Å². The van der Waals surface area contributed by atoms with Crippen LogP contribution in [-0.2, 0) is 51.9 Å². The second kappa shape index (κ2) is 17.4. The Kier molecular flexibility index (Phi) is 12.7. The van der Waals surface area contributed by atoms with Crippen molar-refractivity contribution >= 4 is 37.0 Å². The van der Waals surface area contributed by atoms with E-state index >= 15 is 0 Å². The molecule has 0 bridgehead atoms. The minimum Gasteiger partial charge on any atom is -0.462 e. The van der Waals surface area contributed by atoms with E-state index in [-0.39, 0.29) is 17.3 Å². The first kappa shape index (κ1) is 40.0. The molecule has 3 aliphatic heterocycles.